The number of hydrogen-bond donors (Lipinski definition) is 0. The molecule has 4 heterocycles. The monoisotopic (exact) mass is 389 g/mol. The van der Waals surface area contributed by atoms with Crippen molar-refractivity contribution in [3.05, 3.63) is 59.3 Å². The summed E-state index contributed by atoms with van der Waals surface area (Å²) in [5.74, 6) is -0.00370. The number of carbonyl (C=O) groups is 1. The van der Waals surface area contributed by atoms with Crippen LogP contribution in [0.3, 0.4) is 0 Å². The van der Waals surface area contributed by atoms with Crippen molar-refractivity contribution < 1.29 is 4.79 Å². The minimum absolute atomic E-state index is 0.00370. The summed E-state index contributed by atoms with van der Waals surface area (Å²) in [5, 5.41) is 4.36. The number of carbonyl (C=O) groups excluding carboxylic acids is 1. The van der Waals surface area contributed by atoms with Crippen LogP contribution in [0.4, 0.5) is 5.69 Å². The number of aromatic nitrogens is 4. The van der Waals surface area contributed by atoms with Gasteiger partial charge in [0, 0.05) is 30.2 Å². The molecule has 0 saturated carbocycles. The van der Waals surface area contributed by atoms with E-state index >= 15 is 0 Å². The summed E-state index contributed by atoms with van der Waals surface area (Å²) in [7, 11) is 0. The first-order chi connectivity index (χ1) is 13.9. The van der Waals surface area contributed by atoms with Crippen molar-refractivity contribution in [2.45, 2.75) is 59.5 Å². The van der Waals surface area contributed by atoms with E-state index in [2.05, 4.69) is 43.8 Å². The fraction of sp³-hybridized carbons (Fsp3) is 0.391. The van der Waals surface area contributed by atoms with Gasteiger partial charge in [-0.25, -0.2) is 4.98 Å². The van der Waals surface area contributed by atoms with Crippen LogP contribution in [0.25, 0.3) is 11.3 Å². The van der Waals surface area contributed by atoms with Crippen LogP contribution in [0.1, 0.15) is 61.9 Å². The van der Waals surface area contributed by atoms with Crippen LogP contribution in [-0.4, -0.2) is 25.7 Å². The number of rotatable bonds is 5. The molecule has 0 aromatic carbocycles. The molecule has 0 radical (unpaired) electrons. The molecule has 29 heavy (non-hydrogen) atoms. The van der Waals surface area contributed by atoms with E-state index in [4.69, 9.17) is 4.98 Å². The van der Waals surface area contributed by atoms with Crippen LogP contribution in [0.15, 0.2) is 36.8 Å². The van der Waals surface area contributed by atoms with Crippen LogP contribution in [0.5, 0.6) is 0 Å². The highest BCUT2D eigenvalue weighted by molar-refractivity contribution is 6.12. The van der Waals surface area contributed by atoms with E-state index in [1.165, 1.54) is 0 Å². The van der Waals surface area contributed by atoms with E-state index in [1.54, 1.807) is 6.20 Å². The molecule has 6 heteroatoms. The molecule has 0 bridgehead atoms. The van der Waals surface area contributed by atoms with Gasteiger partial charge in [-0.3, -0.25) is 19.4 Å². The highest BCUT2D eigenvalue weighted by Gasteiger charge is 2.47. The van der Waals surface area contributed by atoms with E-state index < -0.39 is 5.54 Å². The van der Waals surface area contributed by atoms with Crippen LogP contribution >= 0.6 is 0 Å². The summed E-state index contributed by atoms with van der Waals surface area (Å²) < 4.78 is 1.84. The molecular formula is C23H27N5O. The molecule has 0 N–H and O–H groups in total. The summed E-state index contributed by atoms with van der Waals surface area (Å²) in [5.41, 5.74) is 5.70. The smallest absolute Gasteiger partial charge is 0.261 e. The van der Waals surface area contributed by atoms with Crippen molar-refractivity contribution in [2.24, 2.45) is 0 Å². The molecule has 4 rings (SSSR count). The third-order valence-electron chi connectivity index (χ3n) is 5.72. The third-order valence-corrected chi connectivity index (χ3v) is 5.72. The van der Waals surface area contributed by atoms with Gasteiger partial charge >= 0.3 is 0 Å². The van der Waals surface area contributed by atoms with Gasteiger partial charge in [0.1, 0.15) is 0 Å². The summed E-state index contributed by atoms with van der Waals surface area (Å²) in [4.78, 5) is 24.8. The molecule has 0 aliphatic carbocycles. The highest BCUT2D eigenvalue weighted by Crippen LogP contribution is 2.43. The van der Waals surface area contributed by atoms with E-state index in [0.29, 0.717) is 0 Å². The van der Waals surface area contributed by atoms with Gasteiger partial charge in [0.25, 0.3) is 5.91 Å². The van der Waals surface area contributed by atoms with E-state index in [9.17, 15) is 4.79 Å². The fourth-order valence-corrected chi connectivity index (χ4v) is 4.04. The lowest BCUT2D eigenvalue weighted by Crippen LogP contribution is -2.39. The van der Waals surface area contributed by atoms with Crippen LogP contribution < -0.4 is 4.90 Å². The quantitative estimate of drug-likeness (QED) is 0.650. The molecular weight excluding hydrogens is 362 g/mol. The van der Waals surface area contributed by atoms with Gasteiger partial charge in [-0.05, 0) is 57.4 Å². The van der Waals surface area contributed by atoms with Crippen LogP contribution in [0.2, 0.25) is 0 Å². The average molecular weight is 390 g/mol. The second-order valence-corrected chi connectivity index (χ2v) is 7.89. The predicted molar refractivity (Wildman–Crippen MR) is 114 cm³/mol. The SMILES string of the molecule is CCc1ccc(-c2cc(CC)c3c(n2)C(C)(C)N(c2cnn(CC)c2)C3=O)cn1. The zero-order valence-corrected chi connectivity index (χ0v) is 17.7. The van der Waals surface area contributed by atoms with Crippen LogP contribution in [0, 0.1) is 0 Å². The Balaban J connectivity index is 1.85. The van der Waals surface area contributed by atoms with Crippen LogP contribution in [-0.2, 0) is 24.9 Å². The van der Waals surface area contributed by atoms with Gasteiger partial charge in [0.05, 0.1) is 34.4 Å². The number of amides is 1. The maximum atomic E-state index is 13.5. The van der Waals surface area contributed by atoms with E-state index in [-0.39, 0.29) is 5.91 Å². The molecule has 6 nitrogen and oxygen atoms in total. The van der Waals surface area contributed by atoms with Gasteiger partial charge in [0.15, 0.2) is 0 Å². The summed E-state index contributed by atoms with van der Waals surface area (Å²) in [6.45, 7) is 11.1. The number of fused-ring (bicyclic) bond motifs is 1. The Bertz CT molecular complexity index is 1070. The maximum Gasteiger partial charge on any atom is 0.261 e. The molecule has 0 saturated heterocycles. The Labute approximate surface area is 171 Å². The van der Waals surface area contributed by atoms with Gasteiger partial charge < -0.3 is 0 Å². The second kappa shape index (κ2) is 7.10. The van der Waals surface area contributed by atoms with Crippen molar-refractivity contribution >= 4 is 11.6 Å². The average Bonchev–Trinajstić information content (AvgIpc) is 3.28. The van der Waals surface area contributed by atoms with Crippen molar-refractivity contribution in [1.82, 2.24) is 19.7 Å². The predicted octanol–water partition coefficient (Wildman–Crippen LogP) is 4.38. The molecule has 3 aromatic rings. The van der Waals surface area contributed by atoms with Gasteiger partial charge in [-0.1, -0.05) is 13.8 Å². The van der Waals surface area contributed by atoms with Gasteiger partial charge in [-0.15, -0.1) is 0 Å². The fourth-order valence-electron chi connectivity index (χ4n) is 4.04. The van der Waals surface area contributed by atoms with Gasteiger partial charge in [-0.2, -0.15) is 5.10 Å². The number of hydrogen-bond acceptors (Lipinski definition) is 4. The normalized spacial score (nSPS) is 15.1. The summed E-state index contributed by atoms with van der Waals surface area (Å²) in [6, 6.07) is 6.14. The Hall–Kier alpha value is -3.02. The largest absolute Gasteiger partial charge is 0.294 e. The molecule has 0 atom stereocenters. The Morgan fingerprint density at radius 2 is 1.86 bits per heavy atom. The first kappa shape index (κ1) is 19.3. The van der Waals surface area contributed by atoms with Crippen molar-refractivity contribution in [3.8, 4) is 11.3 Å². The molecule has 150 valence electrons. The zero-order chi connectivity index (χ0) is 20.8. The molecule has 0 fully saturated rings. The van der Waals surface area contributed by atoms with E-state index in [1.807, 2.05) is 41.0 Å². The zero-order valence-electron chi connectivity index (χ0n) is 17.7. The Kier molecular flexibility index (Phi) is 4.73. The number of anilines is 1. The third kappa shape index (κ3) is 3.03. The topological polar surface area (TPSA) is 63.9 Å². The lowest BCUT2D eigenvalue weighted by Gasteiger charge is -2.30. The highest BCUT2D eigenvalue weighted by atomic mass is 16.2. The maximum absolute atomic E-state index is 13.5. The molecule has 1 aliphatic heterocycles. The minimum Gasteiger partial charge on any atom is -0.294 e. The number of aryl methyl sites for hydroxylation is 3. The summed E-state index contributed by atoms with van der Waals surface area (Å²) in [6.07, 6.45) is 7.22. The van der Waals surface area contributed by atoms with E-state index in [0.717, 1.165) is 58.8 Å². The number of nitrogens with zero attached hydrogens (tertiary/aromatic N) is 5. The molecule has 1 aliphatic rings. The molecule has 0 unspecified atom stereocenters. The summed E-state index contributed by atoms with van der Waals surface area (Å²) >= 11 is 0. The minimum atomic E-state index is -0.565. The van der Waals surface area contributed by atoms with Crippen molar-refractivity contribution in [1.29, 1.82) is 0 Å². The number of pyridine rings is 2. The first-order valence-corrected chi connectivity index (χ1v) is 10.3. The lowest BCUT2D eigenvalue weighted by atomic mass is 9.94. The Morgan fingerprint density at radius 1 is 1.07 bits per heavy atom. The van der Waals surface area contributed by atoms with Crippen molar-refractivity contribution in [2.75, 3.05) is 4.90 Å². The lowest BCUT2D eigenvalue weighted by molar-refractivity contribution is 0.0981. The van der Waals surface area contributed by atoms with Crippen molar-refractivity contribution in [3.63, 3.8) is 0 Å². The van der Waals surface area contributed by atoms with Gasteiger partial charge in [0.2, 0.25) is 0 Å². The molecule has 3 aromatic heterocycles. The molecule has 0 spiro atoms. The first-order valence-electron chi connectivity index (χ1n) is 10.3. The molecule has 1 amide bonds. The standard InChI is InChI=1S/C23H27N5O/c1-6-15-11-19(16-9-10-17(7-2)24-12-16)26-21-20(15)22(29)28(23(21,4)5)18-13-25-27(8-3)14-18/h9-14H,6-8H2,1-5H3. The Morgan fingerprint density at radius 3 is 2.45 bits per heavy atom. The second-order valence-electron chi connectivity index (χ2n) is 7.89.